The molecule has 2 amide bonds. The average molecular weight is 404 g/mol. The van der Waals surface area contributed by atoms with Gasteiger partial charge in [-0.15, -0.1) is 0 Å². The van der Waals surface area contributed by atoms with Crippen molar-refractivity contribution in [3.63, 3.8) is 0 Å². The SMILES string of the molecule is COc1ccc(OC)c(NC(=O)COC(=O)/C=C/C(=O)N(C)C2CCCCC2)c1. The van der Waals surface area contributed by atoms with Crippen molar-refractivity contribution < 1.29 is 28.6 Å². The summed E-state index contributed by atoms with van der Waals surface area (Å²) in [5.74, 6) is -0.560. The number of ether oxygens (including phenoxy) is 3. The summed E-state index contributed by atoms with van der Waals surface area (Å²) in [6.45, 7) is -0.490. The minimum absolute atomic E-state index is 0.209. The zero-order valence-corrected chi connectivity index (χ0v) is 17.1. The fraction of sp³-hybridized carbons (Fsp3) is 0.476. The molecular formula is C21H28N2O6. The topological polar surface area (TPSA) is 94.2 Å². The largest absolute Gasteiger partial charge is 0.497 e. The van der Waals surface area contributed by atoms with Crippen LogP contribution < -0.4 is 14.8 Å². The van der Waals surface area contributed by atoms with Gasteiger partial charge in [-0.1, -0.05) is 19.3 Å². The van der Waals surface area contributed by atoms with Gasteiger partial charge in [0.15, 0.2) is 6.61 Å². The molecule has 0 bridgehead atoms. The second-order valence-electron chi connectivity index (χ2n) is 6.80. The molecule has 0 spiro atoms. The highest BCUT2D eigenvalue weighted by Gasteiger charge is 2.20. The normalized spacial score (nSPS) is 14.3. The zero-order chi connectivity index (χ0) is 21.2. The van der Waals surface area contributed by atoms with Gasteiger partial charge in [-0.05, 0) is 25.0 Å². The van der Waals surface area contributed by atoms with Gasteiger partial charge in [-0.25, -0.2) is 4.79 Å². The monoisotopic (exact) mass is 404 g/mol. The number of hydrogen-bond donors (Lipinski definition) is 1. The van der Waals surface area contributed by atoms with Crippen molar-refractivity contribution in [2.45, 2.75) is 38.1 Å². The molecular weight excluding hydrogens is 376 g/mol. The molecule has 158 valence electrons. The number of amides is 2. The van der Waals surface area contributed by atoms with Crippen LogP contribution in [0.25, 0.3) is 0 Å². The number of rotatable bonds is 8. The first kappa shape index (κ1) is 22.3. The molecule has 0 aliphatic heterocycles. The lowest BCUT2D eigenvalue weighted by molar-refractivity contribution is -0.142. The van der Waals surface area contributed by atoms with Crippen LogP contribution in [-0.2, 0) is 19.1 Å². The van der Waals surface area contributed by atoms with Gasteiger partial charge in [-0.2, -0.15) is 0 Å². The van der Waals surface area contributed by atoms with Crippen molar-refractivity contribution in [1.82, 2.24) is 4.90 Å². The molecule has 1 aliphatic rings. The number of nitrogens with one attached hydrogen (secondary N) is 1. The first-order chi connectivity index (χ1) is 13.9. The summed E-state index contributed by atoms with van der Waals surface area (Å²) >= 11 is 0. The lowest BCUT2D eigenvalue weighted by atomic mass is 9.94. The maximum Gasteiger partial charge on any atom is 0.331 e. The van der Waals surface area contributed by atoms with Crippen molar-refractivity contribution in [2.75, 3.05) is 33.2 Å². The number of nitrogens with zero attached hydrogens (tertiary/aromatic N) is 1. The average Bonchev–Trinajstić information content (AvgIpc) is 2.75. The first-order valence-corrected chi connectivity index (χ1v) is 9.58. The maximum atomic E-state index is 12.2. The van der Waals surface area contributed by atoms with Gasteiger partial charge in [0, 0.05) is 31.3 Å². The van der Waals surface area contributed by atoms with E-state index in [0.29, 0.717) is 17.2 Å². The molecule has 8 nitrogen and oxygen atoms in total. The number of methoxy groups -OCH3 is 2. The molecule has 29 heavy (non-hydrogen) atoms. The molecule has 1 fully saturated rings. The second-order valence-corrected chi connectivity index (χ2v) is 6.80. The molecule has 0 atom stereocenters. The van der Waals surface area contributed by atoms with Crippen LogP contribution in [0.2, 0.25) is 0 Å². The Hall–Kier alpha value is -3.03. The maximum absolute atomic E-state index is 12.2. The summed E-state index contributed by atoms with van der Waals surface area (Å²) in [6, 6.07) is 5.15. The molecule has 0 heterocycles. The Morgan fingerprint density at radius 1 is 1.10 bits per heavy atom. The smallest absolute Gasteiger partial charge is 0.331 e. The minimum atomic E-state index is -0.761. The Morgan fingerprint density at radius 2 is 1.83 bits per heavy atom. The summed E-state index contributed by atoms with van der Waals surface area (Å²) in [5.41, 5.74) is 0.396. The summed E-state index contributed by atoms with van der Waals surface area (Å²) in [6.07, 6.45) is 7.61. The predicted molar refractivity (Wildman–Crippen MR) is 108 cm³/mol. The van der Waals surface area contributed by atoms with Crippen molar-refractivity contribution >= 4 is 23.5 Å². The molecule has 0 unspecified atom stereocenters. The van der Waals surface area contributed by atoms with Crippen LogP contribution in [0.5, 0.6) is 11.5 Å². The highest BCUT2D eigenvalue weighted by atomic mass is 16.5. The summed E-state index contributed by atoms with van der Waals surface area (Å²) in [7, 11) is 4.72. The summed E-state index contributed by atoms with van der Waals surface area (Å²) in [5, 5.41) is 2.60. The van der Waals surface area contributed by atoms with Gasteiger partial charge in [0.1, 0.15) is 11.5 Å². The molecule has 1 aromatic rings. The van der Waals surface area contributed by atoms with Crippen LogP contribution in [0.4, 0.5) is 5.69 Å². The van der Waals surface area contributed by atoms with E-state index in [1.54, 1.807) is 30.1 Å². The molecule has 1 N–H and O–H groups in total. The molecule has 1 saturated carbocycles. The Morgan fingerprint density at radius 3 is 2.48 bits per heavy atom. The Bertz CT molecular complexity index is 756. The van der Waals surface area contributed by atoms with Crippen LogP contribution in [0.1, 0.15) is 32.1 Å². The van der Waals surface area contributed by atoms with Crippen molar-refractivity contribution in [3.05, 3.63) is 30.4 Å². The van der Waals surface area contributed by atoms with Crippen LogP contribution in [0.3, 0.4) is 0 Å². The molecule has 8 heteroatoms. The zero-order valence-electron chi connectivity index (χ0n) is 17.1. The van der Waals surface area contributed by atoms with E-state index in [-0.39, 0.29) is 11.9 Å². The molecule has 0 radical (unpaired) electrons. The Balaban J connectivity index is 1.81. The number of anilines is 1. The van der Waals surface area contributed by atoms with Gasteiger partial charge in [0.25, 0.3) is 5.91 Å². The van der Waals surface area contributed by atoms with Crippen LogP contribution >= 0.6 is 0 Å². The van der Waals surface area contributed by atoms with E-state index in [1.165, 1.54) is 26.7 Å². The number of carbonyl (C=O) groups excluding carboxylic acids is 3. The van der Waals surface area contributed by atoms with E-state index in [0.717, 1.165) is 31.8 Å². The standard InChI is InChI=1S/C21H28N2O6/c1-23(15-7-5-4-6-8-15)20(25)11-12-21(26)29-14-19(24)22-17-13-16(27-2)9-10-18(17)28-3/h9-13,15H,4-8,14H2,1-3H3,(H,22,24)/b12-11+. The number of esters is 1. The highest BCUT2D eigenvalue weighted by molar-refractivity contribution is 5.97. The van der Waals surface area contributed by atoms with E-state index in [4.69, 9.17) is 14.2 Å². The van der Waals surface area contributed by atoms with Crippen LogP contribution in [0.15, 0.2) is 30.4 Å². The number of hydrogen-bond acceptors (Lipinski definition) is 6. The van der Waals surface area contributed by atoms with E-state index in [2.05, 4.69) is 5.32 Å². The third-order valence-electron chi connectivity index (χ3n) is 4.86. The van der Waals surface area contributed by atoms with Gasteiger partial charge >= 0.3 is 5.97 Å². The predicted octanol–water partition coefficient (Wildman–Crippen LogP) is 2.53. The van der Waals surface area contributed by atoms with E-state index in [9.17, 15) is 14.4 Å². The second kappa shape index (κ2) is 11.1. The van der Waals surface area contributed by atoms with Crippen molar-refractivity contribution in [3.8, 4) is 11.5 Å². The first-order valence-electron chi connectivity index (χ1n) is 9.58. The lowest BCUT2D eigenvalue weighted by Gasteiger charge is -2.30. The molecule has 1 aliphatic carbocycles. The Labute approximate surface area is 170 Å². The van der Waals surface area contributed by atoms with E-state index in [1.807, 2.05) is 0 Å². The van der Waals surface area contributed by atoms with Gasteiger partial charge in [0.2, 0.25) is 5.91 Å². The summed E-state index contributed by atoms with van der Waals surface area (Å²) in [4.78, 5) is 37.7. The van der Waals surface area contributed by atoms with Crippen LogP contribution in [0, 0.1) is 0 Å². The third-order valence-corrected chi connectivity index (χ3v) is 4.86. The quantitative estimate of drug-likeness (QED) is 0.529. The fourth-order valence-corrected chi connectivity index (χ4v) is 3.19. The van der Waals surface area contributed by atoms with E-state index >= 15 is 0 Å². The highest BCUT2D eigenvalue weighted by Crippen LogP contribution is 2.28. The van der Waals surface area contributed by atoms with Crippen molar-refractivity contribution in [1.29, 1.82) is 0 Å². The lowest BCUT2D eigenvalue weighted by Crippen LogP contribution is -2.37. The molecule has 0 saturated heterocycles. The van der Waals surface area contributed by atoms with Crippen molar-refractivity contribution in [2.24, 2.45) is 0 Å². The number of carbonyl (C=O) groups is 3. The summed E-state index contributed by atoms with van der Waals surface area (Å²) < 4.78 is 15.2. The van der Waals surface area contributed by atoms with Gasteiger partial charge < -0.3 is 24.4 Å². The number of benzene rings is 1. The van der Waals surface area contributed by atoms with Gasteiger partial charge in [0.05, 0.1) is 19.9 Å². The minimum Gasteiger partial charge on any atom is -0.497 e. The van der Waals surface area contributed by atoms with Gasteiger partial charge in [-0.3, -0.25) is 9.59 Å². The fourth-order valence-electron chi connectivity index (χ4n) is 3.19. The third kappa shape index (κ3) is 6.81. The molecule has 1 aromatic carbocycles. The molecule has 2 rings (SSSR count). The van der Waals surface area contributed by atoms with E-state index < -0.39 is 18.5 Å². The molecule has 0 aromatic heterocycles. The van der Waals surface area contributed by atoms with Crippen LogP contribution in [-0.4, -0.2) is 56.6 Å². The number of likely N-dealkylation sites (N-methyl/N-ethyl adjacent to an activating group) is 1. The Kier molecular flexibility index (Phi) is 8.51.